The lowest BCUT2D eigenvalue weighted by Gasteiger charge is -2.12. The third kappa shape index (κ3) is 3.90. The zero-order valence-corrected chi connectivity index (χ0v) is 9.66. The number of ketones is 1. The number of carbonyl (C=O) groups is 1. The van der Waals surface area contributed by atoms with Crippen molar-refractivity contribution in [2.75, 3.05) is 0 Å². The van der Waals surface area contributed by atoms with Crippen molar-refractivity contribution in [3.8, 4) is 0 Å². The van der Waals surface area contributed by atoms with E-state index in [1.54, 1.807) is 6.26 Å². The first-order chi connectivity index (χ1) is 7.27. The van der Waals surface area contributed by atoms with E-state index >= 15 is 0 Å². The van der Waals surface area contributed by atoms with Gasteiger partial charge in [0, 0.05) is 5.92 Å². The summed E-state index contributed by atoms with van der Waals surface area (Å²) in [5, 5.41) is 0. The van der Waals surface area contributed by atoms with Gasteiger partial charge in [0.15, 0.2) is 0 Å². The van der Waals surface area contributed by atoms with Crippen LogP contribution in [0.1, 0.15) is 45.3 Å². The summed E-state index contributed by atoms with van der Waals surface area (Å²) in [5.74, 6) is 1.34. The van der Waals surface area contributed by atoms with Gasteiger partial charge in [-0.15, -0.1) is 0 Å². The number of Topliss-reactive ketones (excluding diaryl/α,β-unsaturated/α-hetero) is 1. The molecule has 0 aromatic carbocycles. The summed E-state index contributed by atoms with van der Waals surface area (Å²) in [6.07, 6.45) is 6.25. The van der Waals surface area contributed by atoms with E-state index in [2.05, 4.69) is 13.8 Å². The minimum atomic E-state index is 0.227. The molecule has 2 heteroatoms. The van der Waals surface area contributed by atoms with Crippen molar-refractivity contribution in [2.45, 2.75) is 46.0 Å². The Morgan fingerprint density at radius 3 is 2.47 bits per heavy atom. The van der Waals surface area contributed by atoms with Gasteiger partial charge in [-0.25, -0.2) is 0 Å². The highest BCUT2D eigenvalue weighted by molar-refractivity contribution is 5.82. The number of carbonyl (C=O) groups excluding carboxylic acids is 1. The van der Waals surface area contributed by atoms with Crippen LogP contribution in [0.4, 0.5) is 0 Å². The van der Waals surface area contributed by atoms with Crippen LogP contribution in [-0.4, -0.2) is 5.78 Å². The number of hydrogen-bond donors (Lipinski definition) is 0. The average Bonchev–Trinajstić information content (AvgIpc) is 2.70. The molecular formula is C13H20O2. The molecule has 0 spiro atoms. The van der Waals surface area contributed by atoms with E-state index in [-0.39, 0.29) is 5.92 Å². The maximum atomic E-state index is 11.9. The maximum absolute atomic E-state index is 11.9. The lowest BCUT2D eigenvalue weighted by Crippen LogP contribution is -2.16. The molecule has 2 nitrogen and oxygen atoms in total. The van der Waals surface area contributed by atoms with E-state index in [1.807, 2.05) is 12.1 Å². The van der Waals surface area contributed by atoms with Crippen molar-refractivity contribution in [3.63, 3.8) is 0 Å². The fourth-order valence-corrected chi connectivity index (χ4v) is 1.89. The Balaban J connectivity index is 2.48. The average molecular weight is 208 g/mol. The highest BCUT2D eigenvalue weighted by Crippen LogP contribution is 2.17. The van der Waals surface area contributed by atoms with Crippen LogP contribution in [0.3, 0.4) is 0 Å². The smallest absolute Gasteiger partial charge is 0.143 e. The SMILES string of the molecule is CCCC(CCC)C(=O)Cc1ccco1. The topological polar surface area (TPSA) is 30.2 Å². The zero-order chi connectivity index (χ0) is 11.1. The van der Waals surface area contributed by atoms with Crippen LogP contribution in [0, 0.1) is 5.92 Å². The van der Waals surface area contributed by atoms with E-state index < -0.39 is 0 Å². The maximum Gasteiger partial charge on any atom is 0.143 e. The van der Waals surface area contributed by atoms with Gasteiger partial charge in [0.2, 0.25) is 0 Å². The minimum absolute atomic E-state index is 0.227. The molecule has 0 saturated heterocycles. The summed E-state index contributed by atoms with van der Waals surface area (Å²) < 4.78 is 5.19. The Bertz CT molecular complexity index is 269. The third-order valence-corrected chi connectivity index (χ3v) is 2.66. The summed E-state index contributed by atoms with van der Waals surface area (Å²) in [6.45, 7) is 4.26. The molecule has 0 aliphatic heterocycles. The van der Waals surface area contributed by atoms with Gasteiger partial charge >= 0.3 is 0 Å². The largest absolute Gasteiger partial charge is 0.469 e. The van der Waals surface area contributed by atoms with Crippen LogP contribution in [-0.2, 0) is 11.2 Å². The molecule has 1 aromatic heterocycles. The predicted octanol–water partition coefficient (Wildman–Crippen LogP) is 3.61. The van der Waals surface area contributed by atoms with Gasteiger partial charge in [0.25, 0.3) is 0 Å². The highest BCUT2D eigenvalue weighted by Gasteiger charge is 2.17. The van der Waals surface area contributed by atoms with Gasteiger partial charge in [0.05, 0.1) is 12.7 Å². The first-order valence-electron chi connectivity index (χ1n) is 5.83. The predicted molar refractivity (Wildman–Crippen MR) is 60.7 cm³/mol. The summed E-state index contributed by atoms with van der Waals surface area (Å²) in [6, 6.07) is 3.70. The molecule has 0 atom stereocenters. The minimum Gasteiger partial charge on any atom is -0.469 e. The molecule has 0 aliphatic carbocycles. The van der Waals surface area contributed by atoms with Gasteiger partial charge in [-0.05, 0) is 25.0 Å². The van der Waals surface area contributed by atoms with Crippen LogP contribution in [0.15, 0.2) is 22.8 Å². The Labute approximate surface area is 91.7 Å². The van der Waals surface area contributed by atoms with E-state index in [4.69, 9.17) is 4.42 Å². The molecule has 0 radical (unpaired) electrons. The third-order valence-electron chi connectivity index (χ3n) is 2.66. The highest BCUT2D eigenvalue weighted by atomic mass is 16.3. The molecule has 0 aliphatic rings. The number of furan rings is 1. The van der Waals surface area contributed by atoms with Gasteiger partial charge in [-0.1, -0.05) is 26.7 Å². The van der Waals surface area contributed by atoms with Crippen LogP contribution in [0.25, 0.3) is 0 Å². The molecule has 0 N–H and O–H groups in total. The van der Waals surface area contributed by atoms with Crippen molar-refractivity contribution in [3.05, 3.63) is 24.2 Å². The Kier molecular flexibility index (Phi) is 5.16. The van der Waals surface area contributed by atoms with Crippen molar-refractivity contribution >= 4 is 5.78 Å². The monoisotopic (exact) mass is 208 g/mol. The van der Waals surface area contributed by atoms with Crippen molar-refractivity contribution in [1.82, 2.24) is 0 Å². The first-order valence-corrected chi connectivity index (χ1v) is 5.83. The molecule has 15 heavy (non-hydrogen) atoms. The molecule has 0 bridgehead atoms. The molecule has 84 valence electrons. The van der Waals surface area contributed by atoms with Gasteiger partial charge in [-0.3, -0.25) is 4.79 Å². The quantitative estimate of drug-likeness (QED) is 0.685. The van der Waals surface area contributed by atoms with Crippen LogP contribution >= 0.6 is 0 Å². The summed E-state index contributed by atoms with van der Waals surface area (Å²) in [4.78, 5) is 11.9. The molecular weight excluding hydrogens is 188 g/mol. The van der Waals surface area contributed by atoms with Gasteiger partial charge < -0.3 is 4.42 Å². The van der Waals surface area contributed by atoms with Crippen LogP contribution in [0.2, 0.25) is 0 Å². The Morgan fingerprint density at radius 1 is 1.33 bits per heavy atom. The normalized spacial score (nSPS) is 10.9. The zero-order valence-electron chi connectivity index (χ0n) is 9.66. The second-order valence-electron chi connectivity index (χ2n) is 4.00. The fraction of sp³-hybridized carbons (Fsp3) is 0.615. The second kappa shape index (κ2) is 6.44. The molecule has 1 rings (SSSR count). The van der Waals surface area contributed by atoms with Gasteiger partial charge in [0.1, 0.15) is 11.5 Å². The number of rotatable bonds is 7. The van der Waals surface area contributed by atoms with Gasteiger partial charge in [-0.2, -0.15) is 0 Å². The summed E-state index contributed by atoms with van der Waals surface area (Å²) >= 11 is 0. The first kappa shape index (κ1) is 12.0. The summed E-state index contributed by atoms with van der Waals surface area (Å²) in [5.41, 5.74) is 0. The second-order valence-corrected chi connectivity index (χ2v) is 4.00. The van der Waals surface area contributed by atoms with E-state index in [1.165, 1.54) is 0 Å². The van der Waals surface area contributed by atoms with Crippen molar-refractivity contribution in [1.29, 1.82) is 0 Å². The van der Waals surface area contributed by atoms with E-state index in [0.717, 1.165) is 31.4 Å². The Morgan fingerprint density at radius 2 is 2.00 bits per heavy atom. The molecule has 0 amide bonds. The molecule has 0 saturated carbocycles. The summed E-state index contributed by atoms with van der Waals surface area (Å²) in [7, 11) is 0. The lowest BCUT2D eigenvalue weighted by molar-refractivity contribution is -0.122. The standard InChI is InChI=1S/C13H20O2/c1-3-6-11(7-4-2)13(14)10-12-8-5-9-15-12/h5,8-9,11H,3-4,6-7,10H2,1-2H3. The van der Waals surface area contributed by atoms with E-state index in [9.17, 15) is 4.79 Å². The van der Waals surface area contributed by atoms with E-state index in [0.29, 0.717) is 12.2 Å². The van der Waals surface area contributed by atoms with Crippen LogP contribution < -0.4 is 0 Å². The van der Waals surface area contributed by atoms with Crippen molar-refractivity contribution < 1.29 is 9.21 Å². The molecule has 1 aromatic rings. The lowest BCUT2D eigenvalue weighted by atomic mass is 9.91. The van der Waals surface area contributed by atoms with Crippen molar-refractivity contribution in [2.24, 2.45) is 5.92 Å². The molecule has 0 fully saturated rings. The van der Waals surface area contributed by atoms with Crippen LogP contribution in [0.5, 0.6) is 0 Å². The molecule has 1 heterocycles. The Hall–Kier alpha value is -1.05. The molecule has 0 unspecified atom stereocenters. The number of hydrogen-bond acceptors (Lipinski definition) is 2. The fourth-order valence-electron chi connectivity index (χ4n) is 1.89.